The molecule has 0 spiro atoms. The smallest absolute Gasteiger partial charge is 0.203 e. The molecule has 2 aromatic carbocycles. The van der Waals surface area contributed by atoms with Crippen LogP contribution in [0.1, 0.15) is 5.56 Å². The van der Waals surface area contributed by atoms with E-state index in [-0.39, 0.29) is 0 Å². The topological polar surface area (TPSA) is 55.7 Å². The van der Waals surface area contributed by atoms with Gasteiger partial charge in [0, 0.05) is 21.0 Å². The lowest BCUT2D eigenvalue weighted by atomic mass is 10.2. The third-order valence-corrected chi connectivity index (χ3v) is 5.01. The van der Waals surface area contributed by atoms with Gasteiger partial charge < -0.3 is 9.47 Å². The molecule has 0 fully saturated rings. The molecule has 0 aliphatic rings. The van der Waals surface area contributed by atoms with Crippen LogP contribution in [-0.2, 0) is 0 Å². The molecule has 1 N–H and O–H groups in total. The minimum atomic E-state index is 0.408. The number of methoxy groups -OCH3 is 1. The zero-order valence-electron chi connectivity index (χ0n) is 14.7. The number of benzene rings is 2. The van der Waals surface area contributed by atoms with Gasteiger partial charge in [-0.1, -0.05) is 43.0 Å². The molecule has 3 aromatic rings. The normalized spacial score (nSPS) is 10.7. The van der Waals surface area contributed by atoms with Gasteiger partial charge in [-0.25, -0.2) is 4.98 Å². The van der Waals surface area contributed by atoms with E-state index in [0.717, 1.165) is 26.4 Å². The van der Waals surface area contributed by atoms with Crippen LogP contribution in [-0.4, -0.2) is 24.9 Å². The van der Waals surface area contributed by atoms with Crippen LogP contribution in [0.5, 0.6) is 11.5 Å². The molecular formula is C20H18BrN3O2S. The number of nitrogens with zero attached hydrogens (tertiary/aromatic N) is 2. The van der Waals surface area contributed by atoms with Crippen molar-refractivity contribution in [2.45, 2.75) is 0 Å². The second kappa shape index (κ2) is 9.34. The van der Waals surface area contributed by atoms with Gasteiger partial charge in [-0.15, -0.1) is 11.3 Å². The molecule has 0 aliphatic heterocycles. The molecule has 1 aromatic heterocycles. The van der Waals surface area contributed by atoms with Gasteiger partial charge in [0.1, 0.15) is 6.61 Å². The van der Waals surface area contributed by atoms with Crippen molar-refractivity contribution in [2.75, 3.05) is 19.1 Å². The van der Waals surface area contributed by atoms with Gasteiger partial charge in [-0.05, 0) is 28.1 Å². The number of hydrazone groups is 1. The summed E-state index contributed by atoms with van der Waals surface area (Å²) in [5, 5.41) is 7.00. The highest BCUT2D eigenvalue weighted by Gasteiger charge is 2.09. The van der Waals surface area contributed by atoms with E-state index in [1.807, 2.05) is 47.8 Å². The quantitative estimate of drug-likeness (QED) is 0.280. The summed E-state index contributed by atoms with van der Waals surface area (Å²) in [5.41, 5.74) is 5.82. The third kappa shape index (κ3) is 4.96. The summed E-state index contributed by atoms with van der Waals surface area (Å²) in [6.07, 6.45) is 3.39. The average molecular weight is 444 g/mol. The first-order chi connectivity index (χ1) is 13.2. The average Bonchev–Trinajstić information content (AvgIpc) is 3.17. The van der Waals surface area contributed by atoms with E-state index in [4.69, 9.17) is 9.47 Å². The van der Waals surface area contributed by atoms with Gasteiger partial charge in [0.2, 0.25) is 5.13 Å². The first kappa shape index (κ1) is 19.1. The predicted molar refractivity (Wildman–Crippen MR) is 115 cm³/mol. The Bertz CT molecular complexity index is 942. The van der Waals surface area contributed by atoms with E-state index in [0.29, 0.717) is 18.1 Å². The van der Waals surface area contributed by atoms with Crippen molar-refractivity contribution in [3.8, 4) is 22.8 Å². The number of rotatable bonds is 8. The van der Waals surface area contributed by atoms with Crippen LogP contribution in [0.3, 0.4) is 0 Å². The highest BCUT2D eigenvalue weighted by molar-refractivity contribution is 9.10. The maximum atomic E-state index is 5.59. The molecule has 0 saturated heterocycles. The van der Waals surface area contributed by atoms with E-state index in [2.05, 4.69) is 38.0 Å². The molecule has 1 heterocycles. The molecule has 5 nitrogen and oxygen atoms in total. The Hall–Kier alpha value is -2.64. The molecule has 0 bridgehead atoms. The summed E-state index contributed by atoms with van der Waals surface area (Å²) in [4.78, 5) is 4.54. The number of anilines is 1. The number of ether oxygens (including phenoxy) is 2. The number of halogens is 1. The number of thiazole rings is 1. The van der Waals surface area contributed by atoms with Gasteiger partial charge in [0.05, 0.1) is 19.0 Å². The van der Waals surface area contributed by atoms with Crippen molar-refractivity contribution in [3.63, 3.8) is 0 Å². The van der Waals surface area contributed by atoms with Gasteiger partial charge in [-0.2, -0.15) is 5.10 Å². The second-order valence-corrected chi connectivity index (χ2v) is 7.11. The molecule has 0 radical (unpaired) electrons. The fourth-order valence-electron chi connectivity index (χ4n) is 2.29. The first-order valence-electron chi connectivity index (χ1n) is 8.12. The standard InChI is InChI=1S/C20H18BrN3O2S/c1-3-9-26-19-11-16(21)15(10-18(19)25-2)12-22-24-20-23-17(13-27-20)14-7-5-4-6-8-14/h3-8,10-13H,1,9H2,2H3,(H,23,24). The SMILES string of the molecule is C=CCOc1cc(Br)c(C=NNc2nc(-c3ccccc3)cs2)cc1OC. The predicted octanol–water partition coefficient (Wildman–Crippen LogP) is 5.59. The van der Waals surface area contributed by atoms with Crippen LogP contribution in [0.15, 0.2) is 70.1 Å². The van der Waals surface area contributed by atoms with E-state index >= 15 is 0 Å². The van der Waals surface area contributed by atoms with Crippen molar-refractivity contribution in [3.05, 3.63) is 70.5 Å². The summed E-state index contributed by atoms with van der Waals surface area (Å²) in [6.45, 7) is 4.06. The molecule has 0 saturated carbocycles. The van der Waals surface area contributed by atoms with Crippen molar-refractivity contribution < 1.29 is 9.47 Å². The second-order valence-electron chi connectivity index (χ2n) is 5.40. The van der Waals surface area contributed by atoms with Crippen LogP contribution >= 0.6 is 27.3 Å². The summed E-state index contributed by atoms with van der Waals surface area (Å²) in [7, 11) is 1.60. The third-order valence-electron chi connectivity index (χ3n) is 3.58. The van der Waals surface area contributed by atoms with E-state index in [1.165, 1.54) is 11.3 Å². The van der Waals surface area contributed by atoms with Gasteiger partial charge >= 0.3 is 0 Å². The summed E-state index contributed by atoms with van der Waals surface area (Å²) < 4.78 is 11.8. The molecule has 0 atom stereocenters. The highest BCUT2D eigenvalue weighted by atomic mass is 79.9. The van der Waals surface area contributed by atoms with Crippen molar-refractivity contribution in [1.82, 2.24) is 4.98 Å². The number of nitrogens with one attached hydrogen (secondary N) is 1. The molecular weight excluding hydrogens is 426 g/mol. The molecule has 27 heavy (non-hydrogen) atoms. The van der Waals surface area contributed by atoms with Crippen LogP contribution in [0.4, 0.5) is 5.13 Å². The van der Waals surface area contributed by atoms with Crippen molar-refractivity contribution in [2.24, 2.45) is 5.10 Å². The lowest BCUT2D eigenvalue weighted by molar-refractivity contribution is 0.326. The van der Waals surface area contributed by atoms with Crippen molar-refractivity contribution >= 4 is 38.6 Å². The van der Waals surface area contributed by atoms with Gasteiger partial charge in [-0.3, -0.25) is 5.43 Å². The molecule has 0 aliphatic carbocycles. The zero-order chi connectivity index (χ0) is 19.1. The molecule has 0 unspecified atom stereocenters. The number of hydrogen-bond acceptors (Lipinski definition) is 6. The van der Waals surface area contributed by atoms with Crippen molar-refractivity contribution in [1.29, 1.82) is 0 Å². The summed E-state index contributed by atoms with van der Waals surface area (Å²) in [6, 6.07) is 13.7. The Labute approximate surface area is 170 Å². The minimum Gasteiger partial charge on any atom is -0.493 e. The Morgan fingerprint density at radius 2 is 2.07 bits per heavy atom. The van der Waals surface area contributed by atoms with E-state index in [9.17, 15) is 0 Å². The molecule has 0 amide bonds. The largest absolute Gasteiger partial charge is 0.493 e. The van der Waals surface area contributed by atoms with E-state index < -0.39 is 0 Å². The number of aromatic nitrogens is 1. The minimum absolute atomic E-state index is 0.408. The molecule has 138 valence electrons. The monoisotopic (exact) mass is 443 g/mol. The summed E-state index contributed by atoms with van der Waals surface area (Å²) >= 11 is 5.03. The number of hydrogen-bond donors (Lipinski definition) is 1. The molecule has 7 heteroatoms. The van der Waals surface area contributed by atoms with Crippen LogP contribution < -0.4 is 14.9 Å². The lowest BCUT2D eigenvalue weighted by Crippen LogP contribution is -1.98. The highest BCUT2D eigenvalue weighted by Crippen LogP contribution is 2.33. The van der Waals surface area contributed by atoms with Crippen LogP contribution in [0, 0.1) is 0 Å². The zero-order valence-corrected chi connectivity index (χ0v) is 17.1. The van der Waals surface area contributed by atoms with Gasteiger partial charge in [0.15, 0.2) is 11.5 Å². The molecule has 3 rings (SSSR count). The van der Waals surface area contributed by atoms with E-state index in [1.54, 1.807) is 19.4 Å². The maximum Gasteiger partial charge on any atom is 0.203 e. The first-order valence-corrected chi connectivity index (χ1v) is 9.79. The maximum absolute atomic E-state index is 5.59. The Morgan fingerprint density at radius 3 is 2.81 bits per heavy atom. The fraction of sp³-hybridized carbons (Fsp3) is 0.100. The fourth-order valence-corrected chi connectivity index (χ4v) is 3.39. The Kier molecular flexibility index (Phi) is 6.62. The Balaban J connectivity index is 1.71. The van der Waals surface area contributed by atoms with Gasteiger partial charge in [0.25, 0.3) is 0 Å². The summed E-state index contributed by atoms with van der Waals surface area (Å²) in [5.74, 6) is 1.27. The lowest BCUT2D eigenvalue weighted by Gasteiger charge is -2.11. The van der Waals surface area contributed by atoms with Crippen LogP contribution in [0.25, 0.3) is 11.3 Å². The Morgan fingerprint density at radius 1 is 1.26 bits per heavy atom. The van der Waals surface area contributed by atoms with Crippen LogP contribution in [0.2, 0.25) is 0 Å².